The molecule has 2 aromatic heterocycles. The molecule has 4 aromatic rings. The standard InChI is InChI=1S/C24H24FN7O3/c1-30-23(33)20-22(32(24(30)34)19-8-4-17(25)5-9-19)29-28-21(27-20)16-2-6-18(7-3-16)26-10-11-31-12-14-35-15-13-31/h2-9,26H,10-15H2,1H3. The number of rotatable bonds is 6. The molecule has 0 radical (unpaired) electrons. The van der Waals surface area contributed by atoms with Gasteiger partial charge in [0, 0.05) is 44.5 Å². The van der Waals surface area contributed by atoms with Gasteiger partial charge in [-0.05, 0) is 48.5 Å². The molecule has 0 spiro atoms. The molecule has 0 aliphatic carbocycles. The number of morpholine rings is 1. The molecule has 5 rings (SSSR count). The lowest BCUT2D eigenvalue weighted by molar-refractivity contribution is 0.0398. The molecule has 1 N–H and O–H groups in total. The lowest BCUT2D eigenvalue weighted by Crippen LogP contribution is -2.39. The molecule has 3 heterocycles. The molecule has 1 saturated heterocycles. The van der Waals surface area contributed by atoms with Gasteiger partial charge in [0.05, 0.1) is 18.9 Å². The number of hydrogen-bond donors (Lipinski definition) is 1. The van der Waals surface area contributed by atoms with E-state index in [0.29, 0.717) is 11.3 Å². The van der Waals surface area contributed by atoms with Gasteiger partial charge in [-0.25, -0.2) is 18.7 Å². The summed E-state index contributed by atoms with van der Waals surface area (Å²) in [6.45, 7) is 5.18. The third-order valence-electron chi connectivity index (χ3n) is 5.95. The molecule has 0 atom stereocenters. The minimum Gasteiger partial charge on any atom is -0.384 e. The first-order valence-corrected chi connectivity index (χ1v) is 11.3. The van der Waals surface area contributed by atoms with E-state index < -0.39 is 17.1 Å². The van der Waals surface area contributed by atoms with Crippen LogP contribution in [0.1, 0.15) is 0 Å². The summed E-state index contributed by atoms with van der Waals surface area (Å²) in [5.41, 5.74) is 0.792. The van der Waals surface area contributed by atoms with Crippen molar-refractivity contribution in [3.05, 3.63) is 75.2 Å². The van der Waals surface area contributed by atoms with Crippen molar-refractivity contribution in [3.8, 4) is 17.1 Å². The van der Waals surface area contributed by atoms with E-state index in [1.807, 2.05) is 24.3 Å². The molecule has 1 aliphatic heterocycles. The minimum absolute atomic E-state index is 0.00543. The highest BCUT2D eigenvalue weighted by atomic mass is 19.1. The third kappa shape index (κ3) is 4.68. The number of fused-ring (bicyclic) bond motifs is 1. The number of hydrogen-bond acceptors (Lipinski definition) is 8. The maximum atomic E-state index is 13.4. The highest BCUT2D eigenvalue weighted by molar-refractivity contribution is 5.73. The normalized spacial score (nSPS) is 14.3. The Bertz CT molecular complexity index is 1460. The largest absolute Gasteiger partial charge is 0.384 e. The summed E-state index contributed by atoms with van der Waals surface area (Å²) < 4.78 is 20.9. The Morgan fingerprint density at radius 3 is 2.43 bits per heavy atom. The number of anilines is 1. The highest BCUT2D eigenvalue weighted by Crippen LogP contribution is 2.19. The fraction of sp³-hybridized carbons (Fsp3) is 0.292. The molecule has 10 nitrogen and oxygen atoms in total. The Morgan fingerprint density at radius 1 is 1.00 bits per heavy atom. The van der Waals surface area contributed by atoms with E-state index in [1.54, 1.807) is 0 Å². The van der Waals surface area contributed by atoms with E-state index >= 15 is 0 Å². The van der Waals surface area contributed by atoms with Gasteiger partial charge in [-0.3, -0.25) is 14.3 Å². The average Bonchev–Trinajstić information content (AvgIpc) is 2.89. The van der Waals surface area contributed by atoms with Crippen molar-refractivity contribution in [1.29, 1.82) is 0 Å². The fourth-order valence-electron chi connectivity index (χ4n) is 3.97. The van der Waals surface area contributed by atoms with Crippen molar-refractivity contribution in [2.24, 2.45) is 7.05 Å². The third-order valence-corrected chi connectivity index (χ3v) is 5.95. The molecule has 0 bridgehead atoms. The maximum Gasteiger partial charge on any atom is 0.337 e. The van der Waals surface area contributed by atoms with Gasteiger partial charge >= 0.3 is 5.69 Å². The van der Waals surface area contributed by atoms with Crippen molar-refractivity contribution in [1.82, 2.24) is 29.2 Å². The second-order valence-electron chi connectivity index (χ2n) is 8.22. The summed E-state index contributed by atoms with van der Waals surface area (Å²) in [5, 5.41) is 11.7. The van der Waals surface area contributed by atoms with E-state index in [2.05, 4.69) is 25.4 Å². The molecule has 0 amide bonds. The Labute approximate surface area is 199 Å². The maximum absolute atomic E-state index is 13.4. The topological polar surface area (TPSA) is 107 Å². The van der Waals surface area contributed by atoms with Crippen molar-refractivity contribution in [2.45, 2.75) is 0 Å². The van der Waals surface area contributed by atoms with Gasteiger partial charge in [0.1, 0.15) is 5.82 Å². The van der Waals surface area contributed by atoms with Gasteiger partial charge in [-0.2, -0.15) is 0 Å². The number of benzene rings is 2. The van der Waals surface area contributed by atoms with E-state index in [-0.39, 0.29) is 17.0 Å². The summed E-state index contributed by atoms with van der Waals surface area (Å²) in [4.78, 5) is 32.4. The lowest BCUT2D eigenvalue weighted by Gasteiger charge is -2.26. The average molecular weight is 478 g/mol. The first-order valence-electron chi connectivity index (χ1n) is 11.3. The molecule has 1 aliphatic rings. The van der Waals surface area contributed by atoms with Gasteiger partial charge < -0.3 is 10.1 Å². The smallest absolute Gasteiger partial charge is 0.337 e. The minimum atomic E-state index is -0.620. The van der Waals surface area contributed by atoms with Crippen LogP contribution >= 0.6 is 0 Å². The molecule has 0 saturated carbocycles. The van der Waals surface area contributed by atoms with Gasteiger partial charge in [0.25, 0.3) is 5.56 Å². The highest BCUT2D eigenvalue weighted by Gasteiger charge is 2.17. The van der Waals surface area contributed by atoms with Gasteiger partial charge in [0.15, 0.2) is 17.0 Å². The molecule has 2 aromatic carbocycles. The fourth-order valence-corrected chi connectivity index (χ4v) is 3.97. The van der Waals surface area contributed by atoms with Crippen molar-refractivity contribution < 1.29 is 9.13 Å². The van der Waals surface area contributed by atoms with Crippen LogP contribution in [-0.4, -0.2) is 68.6 Å². The zero-order valence-electron chi connectivity index (χ0n) is 19.1. The van der Waals surface area contributed by atoms with Crippen molar-refractivity contribution in [3.63, 3.8) is 0 Å². The van der Waals surface area contributed by atoms with Crippen LogP contribution in [0.25, 0.3) is 28.2 Å². The van der Waals surface area contributed by atoms with E-state index in [4.69, 9.17) is 4.74 Å². The van der Waals surface area contributed by atoms with E-state index in [9.17, 15) is 14.0 Å². The zero-order valence-corrected chi connectivity index (χ0v) is 19.1. The number of nitrogens with zero attached hydrogens (tertiary/aromatic N) is 6. The molecule has 35 heavy (non-hydrogen) atoms. The Balaban J connectivity index is 1.42. The van der Waals surface area contributed by atoms with Gasteiger partial charge in [-0.15, -0.1) is 10.2 Å². The zero-order chi connectivity index (χ0) is 24.4. The number of ether oxygens (including phenoxy) is 1. The quantitative estimate of drug-likeness (QED) is 0.445. The summed E-state index contributed by atoms with van der Waals surface area (Å²) in [5.74, 6) is -0.180. The first kappa shape index (κ1) is 22.8. The Morgan fingerprint density at radius 2 is 1.71 bits per heavy atom. The van der Waals surface area contributed by atoms with Crippen LogP contribution in [0.5, 0.6) is 0 Å². The molecule has 1 fully saturated rings. The van der Waals surface area contributed by atoms with Crippen LogP contribution < -0.4 is 16.6 Å². The molecule has 180 valence electrons. The Hall–Kier alpha value is -3.96. The SMILES string of the molecule is Cn1c(=O)c2nc(-c3ccc(NCCN4CCOCC4)cc3)nnc2n(-c2ccc(F)cc2)c1=O. The Kier molecular flexibility index (Phi) is 6.34. The van der Waals surface area contributed by atoms with E-state index in [0.717, 1.165) is 49.6 Å². The van der Waals surface area contributed by atoms with Crippen LogP contribution in [0, 0.1) is 5.82 Å². The van der Waals surface area contributed by atoms with Gasteiger partial charge in [0.2, 0.25) is 0 Å². The second-order valence-corrected chi connectivity index (χ2v) is 8.22. The van der Waals surface area contributed by atoms with Crippen LogP contribution in [0.15, 0.2) is 58.1 Å². The number of aromatic nitrogens is 5. The van der Waals surface area contributed by atoms with Gasteiger partial charge in [-0.1, -0.05) is 0 Å². The summed E-state index contributed by atoms with van der Waals surface area (Å²) in [6, 6.07) is 12.8. The summed E-state index contributed by atoms with van der Waals surface area (Å²) >= 11 is 0. The second kappa shape index (κ2) is 9.72. The summed E-state index contributed by atoms with van der Waals surface area (Å²) in [6.07, 6.45) is 0. The van der Waals surface area contributed by atoms with Crippen LogP contribution in [0.4, 0.5) is 10.1 Å². The van der Waals surface area contributed by atoms with Crippen LogP contribution in [-0.2, 0) is 11.8 Å². The van der Waals surface area contributed by atoms with Crippen molar-refractivity contribution >= 4 is 16.9 Å². The molecule has 0 unspecified atom stereocenters. The van der Waals surface area contributed by atoms with Crippen LogP contribution in [0.2, 0.25) is 0 Å². The number of nitrogens with one attached hydrogen (secondary N) is 1. The van der Waals surface area contributed by atoms with Crippen molar-refractivity contribution in [2.75, 3.05) is 44.7 Å². The molecule has 11 heteroatoms. The monoisotopic (exact) mass is 477 g/mol. The summed E-state index contributed by atoms with van der Waals surface area (Å²) in [7, 11) is 1.36. The predicted molar refractivity (Wildman–Crippen MR) is 129 cm³/mol. The van der Waals surface area contributed by atoms with Crippen LogP contribution in [0.3, 0.4) is 0 Å². The lowest BCUT2D eigenvalue weighted by atomic mass is 10.2. The van der Waals surface area contributed by atoms with E-state index in [1.165, 1.54) is 35.9 Å². The first-order chi connectivity index (χ1) is 17.0. The molecular weight excluding hydrogens is 453 g/mol. The molecular formula is C24H24FN7O3. The predicted octanol–water partition coefficient (Wildman–Crippen LogP) is 1.42. The number of halogens is 1.